The second-order valence-electron chi connectivity index (χ2n) is 7.29. The maximum atomic E-state index is 13.2. The molecule has 31 heavy (non-hydrogen) atoms. The predicted octanol–water partition coefficient (Wildman–Crippen LogP) is 4.37. The molecule has 2 rings (SSSR count). The smallest absolute Gasteiger partial charge is 0.261 e. The lowest BCUT2D eigenvalue weighted by molar-refractivity contribution is -0.143. The number of rotatable bonds is 11. The Kier molecular flexibility index (Phi) is 9.66. The third-order valence-electron chi connectivity index (χ3n) is 4.91. The molecule has 1 unspecified atom stereocenters. The Morgan fingerprint density at radius 2 is 1.90 bits per heavy atom. The first-order valence-corrected chi connectivity index (χ1v) is 10.9. The van der Waals surface area contributed by atoms with Crippen LogP contribution in [0.4, 0.5) is 0 Å². The summed E-state index contributed by atoms with van der Waals surface area (Å²) in [6.07, 6.45) is 1.32. The molecule has 0 fully saturated rings. The van der Waals surface area contributed by atoms with Gasteiger partial charge < -0.3 is 19.7 Å². The van der Waals surface area contributed by atoms with E-state index in [-0.39, 0.29) is 25.0 Å². The van der Waals surface area contributed by atoms with Crippen molar-refractivity contribution in [1.29, 1.82) is 0 Å². The summed E-state index contributed by atoms with van der Waals surface area (Å²) in [6.45, 7) is 6.42. The van der Waals surface area contributed by atoms with Crippen molar-refractivity contribution >= 4 is 23.4 Å². The van der Waals surface area contributed by atoms with Crippen LogP contribution in [0, 0.1) is 6.92 Å². The lowest BCUT2D eigenvalue weighted by atomic mass is 10.1. The first kappa shape index (κ1) is 24.5. The standard InChI is InChI=1S/C24H31ClN2O4/c1-5-12-26-24(29)22(6-2)27(15-18-8-7-9-19(14-18)30-4)23(28)16-31-20-10-11-21(25)17(3)13-20/h7-11,13-14,22H,5-6,12,15-16H2,1-4H3,(H,26,29). The Hall–Kier alpha value is -2.73. The summed E-state index contributed by atoms with van der Waals surface area (Å²) >= 11 is 6.06. The number of carbonyl (C=O) groups is 2. The number of hydrogen-bond acceptors (Lipinski definition) is 4. The minimum absolute atomic E-state index is 0.164. The van der Waals surface area contributed by atoms with Crippen LogP contribution in [0.15, 0.2) is 42.5 Å². The van der Waals surface area contributed by atoms with Gasteiger partial charge in [-0.3, -0.25) is 9.59 Å². The first-order chi connectivity index (χ1) is 14.9. The van der Waals surface area contributed by atoms with Gasteiger partial charge in [0.1, 0.15) is 17.5 Å². The molecule has 0 aromatic heterocycles. The Morgan fingerprint density at radius 3 is 2.55 bits per heavy atom. The topological polar surface area (TPSA) is 67.9 Å². The predicted molar refractivity (Wildman–Crippen MR) is 123 cm³/mol. The van der Waals surface area contributed by atoms with Crippen LogP contribution in [0.25, 0.3) is 0 Å². The van der Waals surface area contributed by atoms with Crippen molar-refractivity contribution in [2.45, 2.75) is 46.2 Å². The van der Waals surface area contributed by atoms with Gasteiger partial charge in [0.15, 0.2) is 6.61 Å². The second-order valence-corrected chi connectivity index (χ2v) is 7.70. The van der Waals surface area contributed by atoms with Crippen molar-refractivity contribution in [3.05, 3.63) is 58.6 Å². The molecule has 0 spiro atoms. The van der Waals surface area contributed by atoms with E-state index in [0.717, 1.165) is 17.5 Å². The molecule has 2 aromatic carbocycles. The molecular weight excluding hydrogens is 416 g/mol. The molecule has 7 heteroatoms. The molecule has 1 N–H and O–H groups in total. The fraction of sp³-hybridized carbons (Fsp3) is 0.417. The number of nitrogens with zero attached hydrogens (tertiary/aromatic N) is 1. The van der Waals surface area contributed by atoms with Crippen molar-refractivity contribution < 1.29 is 19.1 Å². The number of ether oxygens (including phenoxy) is 2. The van der Waals surface area contributed by atoms with Crippen LogP contribution in [-0.2, 0) is 16.1 Å². The minimum atomic E-state index is -0.596. The van der Waals surface area contributed by atoms with E-state index in [1.165, 1.54) is 0 Å². The van der Waals surface area contributed by atoms with E-state index in [0.29, 0.717) is 29.5 Å². The fourth-order valence-corrected chi connectivity index (χ4v) is 3.31. The maximum Gasteiger partial charge on any atom is 0.261 e. The van der Waals surface area contributed by atoms with Crippen molar-refractivity contribution in [3.63, 3.8) is 0 Å². The Balaban J connectivity index is 2.22. The highest BCUT2D eigenvalue weighted by molar-refractivity contribution is 6.31. The summed E-state index contributed by atoms with van der Waals surface area (Å²) in [4.78, 5) is 27.5. The van der Waals surface area contributed by atoms with Crippen LogP contribution < -0.4 is 14.8 Å². The molecule has 1 atom stereocenters. The molecule has 168 valence electrons. The third kappa shape index (κ3) is 7.17. The van der Waals surface area contributed by atoms with Gasteiger partial charge in [-0.15, -0.1) is 0 Å². The second kappa shape index (κ2) is 12.2. The van der Waals surface area contributed by atoms with Crippen molar-refractivity contribution in [1.82, 2.24) is 10.2 Å². The first-order valence-electron chi connectivity index (χ1n) is 10.5. The molecule has 2 amide bonds. The highest BCUT2D eigenvalue weighted by Crippen LogP contribution is 2.22. The van der Waals surface area contributed by atoms with E-state index in [9.17, 15) is 9.59 Å². The van der Waals surface area contributed by atoms with Crippen LogP contribution >= 0.6 is 11.6 Å². The van der Waals surface area contributed by atoms with Crippen LogP contribution in [-0.4, -0.2) is 43.0 Å². The molecule has 0 heterocycles. The highest BCUT2D eigenvalue weighted by Gasteiger charge is 2.28. The molecule has 0 bridgehead atoms. The van der Waals surface area contributed by atoms with Gasteiger partial charge in [0.2, 0.25) is 5.91 Å². The van der Waals surface area contributed by atoms with Gasteiger partial charge in [0.25, 0.3) is 5.91 Å². The lowest BCUT2D eigenvalue weighted by Crippen LogP contribution is -2.50. The van der Waals surface area contributed by atoms with Crippen molar-refractivity contribution in [2.75, 3.05) is 20.3 Å². The summed E-state index contributed by atoms with van der Waals surface area (Å²) in [7, 11) is 1.59. The zero-order valence-electron chi connectivity index (χ0n) is 18.6. The largest absolute Gasteiger partial charge is 0.497 e. The zero-order chi connectivity index (χ0) is 22.8. The molecule has 0 aliphatic carbocycles. The number of benzene rings is 2. The van der Waals surface area contributed by atoms with E-state index in [2.05, 4.69) is 5.32 Å². The van der Waals surface area contributed by atoms with Crippen LogP contribution in [0.5, 0.6) is 11.5 Å². The lowest BCUT2D eigenvalue weighted by Gasteiger charge is -2.30. The average molecular weight is 447 g/mol. The molecular formula is C24H31ClN2O4. The van der Waals surface area contributed by atoms with Gasteiger partial charge in [-0.1, -0.05) is 37.6 Å². The highest BCUT2D eigenvalue weighted by atomic mass is 35.5. The fourth-order valence-electron chi connectivity index (χ4n) is 3.19. The number of nitrogens with one attached hydrogen (secondary N) is 1. The van der Waals surface area contributed by atoms with E-state index in [1.54, 1.807) is 30.2 Å². The quantitative estimate of drug-likeness (QED) is 0.556. The summed E-state index contributed by atoms with van der Waals surface area (Å²) in [5, 5.41) is 3.54. The van der Waals surface area contributed by atoms with Crippen LogP contribution in [0.2, 0.25) is 5.02 Å². The number of hydrogen-bond donors (Lipinski definition) is 1. The van der Waals surface area contributed by atoms with Gasteiger partial charge in [-0.2, -0.15) is 0 Å². The average Bonchev–Trinajstić information content (AvgIpc) is 2.78. The molecule has 0 aliphatic heterocycles. The van der Waals surface area contributed by atoms with Gasteiger partial charge in [0.05, 0.1) is 7.11 Å². The third-order valence-corrected chi connectivity index (χ3v) is 5.34. The molecule has 0 saturated carbocycles. The SMILES string of the molecule is CCCNC(=O)C(CC)N(Cc1cccc(OC)c1)C(=O)COc1ccc(Cl)c(C)c1. The molecule has 0 saturated heterocycles. The number of amides is 2. The van der Waals surface area contributed by atoms with E-state index in [4.69, 9.17) is 21.1 Å². The van der Waals surface area contributed by atoms with E-state index < -0.39 is 6.04 Å². The monoisotopic (exact) mass is 446 g/mol. The number of methoxy groups -OCH3 is 1. The number of aryl methyl sites for hydroxylation is 1. The summed E-state index contributed by atoms with van der Waals surface area (Å²) < 4.78 is 11.0. The van der Waals surface area contributed by atoms with Gasteiger partial charge in [0, 0.05) is 18.1 Å². The molecule has 6 nitrogen and oxygen atoms in total. The van der Waals surface area contributed by atoms with Crippen LogP contribution in [0.1, 0.15) is 37.8 Å². The Labute approximate surface area is 189 Å². The Bertz CT molecular complexity index is 888. The normalized spacial score (nSPS) is 11.5. The number of carbonyl (C=O) groups excluding carboxylic acids is 2. The maximum absolute atomic E-state index is 13.2. The van der Waals surface area contributed by atoms with E-state index >= 15 is 0 Å². The molecule has 0 radical (unpaired) electrons. The van der Waals surface area contributed by atoms with Gasteiger partial charge in [-0.25, -0.2) is 0 Å². The Morgan fingerprint density at radius 1 is 1.13 bits per heavy atom. The van der Waals surface area contributed by atoms with Crippen LogP contribution in [0.3, 0.4) is 0 Å². The van der Waals surface area contributed by atoms with Gasteiger partial charge >= 0.3 is 0 Å². The molecule has 0 aliphatic rings. The van der Waals surface area contributed by atoms with Gasteiger partial charge in [-0.05, 0) is 61.2 Å². The number of halogens is 1. The summed E-state index contributed by atoms with van der Waals surface area (Å²) in [5.74, 6) is 0.818. The minimum Gasteiger partial charge on any atom is -0.497 e. The van der Waals surface area contributed by atoms with E-state index in [1.807, 2.05) is 45.0 Å². The van der Waals surface area contributed by atoms with Crippen molar-refractivity contribution in [2.24, 2.45) is 0 Å². The zero-order valence-corrected chi connectivity index (χ0v) is 19.4. The van der Waals surface area contributed by atoms with Crippen molar-refractivity contribution in [3.8, 4) is 11.5 Å². The summed E-state index contributed by atoms with van der Waals surface area (Å²) in [5.41, 5.74) is 1.74. The molecule has 2 aromatic rings. The summed E-state index contributed by atoms with van der Waals surface area (Å²) in [6, 6.07) is 12.1.